The Kier molecular flexibility index (Phi) is 5.60. The van der Waals surface area contributed by atoms with Crippen molar-refractivity contribution >= 4 is 57.0 Å². The summed E-state index contributed by atoms with van der Waals surface area (Å²) in [6, 6.07) is 17.5. The summed E-state index contributed by atoms with van der Waals surface area (Å²) in [5.74, 6) is 0.679. The second-order valence-corrected chi connectivity index (χ2v) is 7.94. The average Bonchev–Trinajstić information content (AvgIpc) is 3.06. The Bertz CT molecular complexity index is 1170. The van der Waals surface area contributed by atoms with E-state index in [-0.39, 0.29) is 5.91 Å². The van der Waals surface area contributed by atoms with Gasteiger partial charge in [0.2, 0.25) is 0 Å². The van der Waals surface area contributed by atoms with Gasteiger partial charge in [0.05, 0.1) is 17.2 Å². The van der Waals surface area contributed by atoms with E-state index in [4.69, 9.17) is 16.3 Å². The maximum absolute atomic E-state index is 12.5. The van der Waals surface area contributed by atoms with Crippen LogP contribution in [0.25, 0.3) is 16.8 Å². The number of nitrogens with zero attached hydrogens (tertiary/aromatic N) is 1. The average molecular weight is 423 g/mol. The number of hydrogen-bond acceptors (Lipinski definition) is 4. The number of benzene rings is 3. The van der Waals surface area contributed by atoms with E-state index in [2.05, 4.69) is 10.3 Å². The van der Waals surface area contributed by atoms with Crippen molar-refractivity contribution in [1.82, 2.24) is 5.32 Å². The van der Waals surface area contributed by atoms with Crippen LogP contribution in [-0.4, -0.2) is 17.7 Å². The molecule has 4 rings (SSSR count). The monoisotopic (exact) mass is 422 g/mol. The molecule has 1 aliphatic heterocycles. The van der Waals surface area contributed by atoms with Crippen molar-refractivity contribution in [1.29, 1.82) is 0 Å². The molecule has 1 saturated heterocycles. The summed E-state index contributed by atoms with van der Waals surface area (Å²) in [6.45, 7) is 4.48. The van der Waals surface area contributed by atoms with E-state index >= 15 is 0 Å². The van der Waals surface area contributed by atoms with Gasteiger partial charge in [-0.15, -0.1) is 0 Å². The van der Waals surface area contributed by atoms with Crippen molar-refractivity contribution in [3.63, 3.8) is 0 Å². The van der Waals surface area contributed by atoms with Crippen LogP contribution in [0.15, 0.2) is 64.5 Å². The molecule has 0 aliphatic carbocycles. The molecular formula is C23H19ClN2O2S. The van der Waals surface area contributed by atoms with Crippen molar-refractivity contribution in [3.05, 3.63) is 75.7 Å². The van der Waals surface area contributed by atoms with Crippen LogP contribution in [0.5, 0.6) is 5.75 Å². The molecule has 0 spiro atoms. The second kappa shape index (κ2) is 8.31. The van der Waals surface area contributed by atoms with Crippen molar-refractivity contribution in [2.45, 2.75) is 13.8 Å². The van der Waals surface area contributed by atoms with Crippen LogP contribution in [0.4, 0.5) is 5.69 Å². The fourth-order valence-electron chi connectivity index (χ4n) is 3.15. The number of halogens is 1. The molecule has 0 unspecified atom stereocenters. The van der Waals surface area contributed by atoms with Gasteiger partial charge in [-0.25, -0.2) is 4.99 Å². The molecule has 4 nitrogen and oxygen atoms in total. The number of carbonyl (C=O) groups is 1. The quantitative estimate of drug-likeness (QED) is 0.517. The first-order valence-corrected chi connectivity index (χ1v) is 10.5. The van der Waals surface area contributed by atoms with Crippen molar-refractivity contribution in [2.24, 2.45) is 4.99 Å². The number of amidine groups is 1. The first kappa shape index (κ1) is 19.6. The molecule has 6 heteroatoms. The second-order valence-electron chi connectivity index (χ2n) is 6.50. The minimum atomic E-state index is -0.161. The van der Waals surface area contributed by atoms with Gasteiger partial charge in [-0.1, -0.05) is 48.0 Å². The Hall–Kier alpha value is -2.76. The first-order valence-electron chi connectivity index (χ1n) is 9.26. The lowest BCUT2D eigenvalue weighted by Gasteiger charge is -2.09. The predicted molar refractivity (Wildman–Crippen MR) is 122 cm³/mol. The zero-order chi connectivity index (χ0) is 20.4. The van der Waals surface area contributed by atoms with Crippen molar-refractivity contribution < 1.29 is 9.53 Å². The first-order chi connectivity index (χ1) is 14.1. The van der Waals surface area contributed by atoms with Gasteiger partial charge in [0.15, 0.2) is 5.17 Å². The van der Waals surface area contributed by atoms with Crippen LogP contribution in [0.3, 0.4) is 0 Å². The van der Waals surface area contributed by atoms with Crippen LogP contribution >= 0.6 is 23.4 Å². The summed E-state index contributed by atoms with van der Waals surface area (Å²) in [6.07, 6.45) is 1.89. The van der Waals surface area contributed by atoms with Gasteiger partial charge in [0, 0.05) is 10.4 Å². The number of hydrogen-bond donors (Lipinski definition) is 1. The molecule has 1 N–H and O–H groups in total. The van der Waals surface area contributed by atoms with Gasteiger partial charge >= 0.3 is 0 Å². The van der Waals surface area contributed by atoms with Crippen LogP contribution in [0.1, 0.15) is 18.1 Å². The largest absolute Gasteiger partial charge is 0.493 e. The highest BCUT2D eigenvalue weighted by Crippen LogP contribution is 2.34. The van der Waals surface area contributed by atoms with Gasteiger partial charge in [0.25, 0.3) is 5.91 Å². The van der Waals surface area contributed by atoms with Gasteiger partial charge in [-0.2, -0.15) is 0 Å². The third-order valence-corrected chi connectivity index (χ3v) is 5.94. The maximum Gasteiger partial charge on any atom is 0.264 e. The van der Waals surface area contributed by atoms with E-state index < -0.39 is 0 Å². The lowest BCUT2D eigenvalue weighted by molar-refractivity contribution is -0.115. The number of ether oxygens (including phenoxy) is 1. The lowest BCUT2D eigenvalue weighted by atomic mass is 10.0. The molecule has 146 valence electrons. The molecular weight excluding hydrogens is 404 g/mol. The summed E-state index contributed by atoms with van der Waals surface area (Å²) in [7, 11) is 0. The van der Waals surface area contributed by atoms with E-state index in [0.717, 1.165) is 33.3 Å². The third kappa shape index (κ3) is 4.02. The molecule has 0 atom stereocenters. The van der Waals surface area contributed by atoms with Crippen LogP contribution < -0.4 is 10.1 Å². The molecule has 0 radical (unpaired) electrons. The number of rotatable bonds is 4. The Morgan fingerprint density at radius 3 is 2.69 bits per heavy atom. The minimum absolute atomic E-state index is 0.161. The highest BCUT2D eigenvalue weighted by Gasteiger charge is 2.24. The number of carbonyl (C=O) groups excluding carboxylic acids is 1. The molecule has 1 fully saturated rings. The maximum atomic E-state index is 12.5. The summed E-state index contributed by atoms with van der Waals surface area (Å²) in [4.78, 5) is 17.7. The Morgan fingerprint density at radius 1 is 1.10 bits per heavy atom. The molecule has 3 aromatic rings. The summed E-state index contributed by atoms with van der Waals surface area (Å²) in [5.41, 5.74) is 2.58. The van der Waals surface area contributed by atoms with Crippen LogP contribution in [0.2, 0.25) is 5.02 Å². The predicted octanol–water partition coefficient (Wildman–Crippen LogP) is 6.09. The van der Waals surface area contributed by atoms with Gasteiger partial charge in [0.1, 0.15) is 5.75 Å². The topological polar surface area (TPSA) is 50.7 Å². The van der Waals surface area contributed by atoms with E-state index in [1.807, 2.05) is 74.5 Å². The smallest absolute Gasteiger partial charge is 0.264 e. The van der Waals surface area contributed by atoms with E-state index in [1.165, 1.54) is 11.8 Å². The summed E-state index contributed by atoms with van der Waals surface area (Å²) >= 11 is 7.49. The Balaban J connectivity index is 1.69. The van der Waals surface area contributed by atoms with Crippen LogP contribution in [0, 0.1) is 6.92 Å². The van der Waals surface area contributed by atoms with Gasteiger partial charge in [-0.05, 0) is 66.4 Å². The normalized spacial score (nSPS) is 16.6. The van der Waals surface area contributed by atoms with Crippen molar-refractivity contribution in [2.75, 3.05) is 6.61 Å². The molecule has 0 bridgehead atoms. The molecule has 1 heterocycles. The molecule has 1 amide bonds. The van der Waals surface area contributed by atoms with Gasteiger partial charge < -0.3 is 10.1 Å². The minimum Gasteiger partial charge on any atom is -0.493 e. The molecule has 3 aromatic carbocycles. The standard InChI is InChI=1S/C23H19ClN2O2S/c1-3-28-20-12-11-15(16-7-4-5-8-17(16)20)13-21-22(27)26-23(29-21)25-19-10-6-9-18(24)14(19)2/h4-13H,3H2,1-2H3,(H,25,26,27)/b21-13-. The Labute approximate surface area is 178 Å². The molecule has 0 saturated carbocycles. The van der Waals surface area contributed by atoms with Crippen molar-refractivity contribution in [3.8, 4) is 5.75 Å². The fourth-order valence-corrected chi connectivity index (χ4v) is 4.15. The van der Waals surface area contributed by atoms with Crippen LogP contribution in [-0.2, 0) is 4.79 Å². The molecule has 0 aromatic heterocycles. The zero-order valence-electron chi connectivity index (χ0n) is 16.0. The number of nitrogens with one attached hydrogen (secondary N) is 1. The van der Waals surface area contributed by atoms with E-state index in [0.29, 0.717) is 21.7 Å². The SMILES string of the molecule is CCOc1ccc(/C=C2\SC(=Nc3cccc(Cl)c3C)NC2=O)c2ccccc12. The highest BCUT2D eigenvalue weighted by atomic mass is 35.5. The summed E-state index contributed by atoms with van der Waals surface area (Å²) < 4.78 is 5.73. The zero-order valence-corrected chi connectivity index (χ0v) is 17.6. The Morgan fingerprint density at radius 2 is 1.90 bits per heavy atom. The number of fused-ring (bicyclic) bond motifs is 1. The molecule has 1 aliphatic rings. The van der Waals surface area contributed by atoms with Gasteiger partial charge in [-0.3, -0.25) is 4.79 Å². The number of aliphatic imine (C=N–C) groups is 1. The van der Waals surface area contributed by atoms with E-state index in [1.54, 1.807) is 0 Å². The third-order valence-electron chi connectivity index (χ3n) is 4.62. The van der Waals surface area contributed by atoms with E-state index in [9.17, 15) is 4.79 Å². The fraction of sp³-hybridized carbons (Fsp3) is 0.130. The number of amides is 1. The lowest BCUT2D eigenvalue weighted by Crippen LogP contribution is -2.19. The number of thioether (sulfide) groups is 1. The highest BCUT2D eigenvalue weighted by molar-refractivity contribution is 8.18. The molecule has 29 heavy (non-hydrogen) atoms. The summed E-state index contributed by atoms with van der Waals surface area (Å²) in [5, 5.41) is 6.09.